The molecule has 0 spiro atoms. The molecular weight excluding hydrogens is 264 g/mol. The van der Waals surface area contributed by atoms with Crippen molar-refractivity contribution in [3.05, 3.63) is 26.1 Å². The van der Waals surface area contributed by atoms with Crippen LogP contribution >= 0.6 is 22.9 Å². The molecule has 0 aliphatic heterocycles. The summed E-state index contributed by atoms with van der Waals surface area (Å²) in [5, 5.41) is 0.424. The third kappa shape index (κ3) is 2.05. The minimum Gasteiger partial charge on any atom is -0.460 e. The van der Waals surface area contributed by atoms with Crippen LogP contribution in [0.3, 0.4) is 0 Å². The van der Waals surface area contributed by atoms with Crippen molar-refractivity contribution in [3.8, 4) is 0 Å². The summed E-state index contributed by atoms with van der Waals surface area (Å²) >= 11 is 7.10. The lowest BCUT2D eigenvalue weighted by Crippen LogP contribution is -2.17. The number of aromatic amines is 1. The molecule has 0 aliphatic rings. The van der Waals surface area contributed by atoms with E-state index in [1.165, 1.54) is 11.3 Å². The number of H-pyrrole nitrogens is 1. The van der Waals surface area contributed by atoms with Crippen molar-refractivity contribution in [1.29, 1.82) is 0 Å². The first-order valence-corrected chi connectivity index (χ1v) is 6.10. The second-order valence-corrected chi connectivity index (χ2v) is 4.92. The molecule has 0 radical (unpaired) electrons. The number of fused-ring (bicyclic) bond motifs is 1. The summed E-state index contributed by atoms with van der Waals surface area (Å²) in [5.74, 6) is -0.740. The number of halogens is 1. The third-order valence-electron chi connectivity index (χ3n) is 2.21. The number of nitrogens with zero attached hydrogens (tertiary/aromatic N) is 1. The van der Waals surface area contributed by atoms with Crippen LogP contribution in [-0.4, -0.2) is 22.5 Å². The number of carbonyl (C=O) groups excluding carboxylic acids is 1. The van der Waals surface area contributed by atoms with Crippen LogP contribution in [0.5, 0.6) is 0 Å². The summed E-state index contributed by atoms with van der Waals surface area (Å²) in [6.07, 6.45) is 0. The van der Waals surface area contributed by atoms with Crippen LogP contribution in [0.15, 0.2) is 4.79 Å². The van der Waals surface area contributed by atoms with Gasteiger partial charge in [-0.2, -0.15) is 0 Å². The summed E-state index contributed by atoms with van der Waals surface area (Å²) in [5.41, 5.74) is 0.300. The Hall–Kier alpha value is -1.40. The number of ether oxygens (including phenoxy) is 1. The van der Waals surface area contributed by atoms with Gasteiger partial charge in [0.25, 0.3) is 5.56 Å². The van der Waals surface area contributed by atoms with Gasteiger partial charge in [-0.05, 0) is 19.4 Å². The molecule has 0 saturated heterocycles. The zero-order valence-corrected chi connectivity index (χ0v) is 10.7. The fourth-order valence-electron chi connectivity index (χ4n) is 1.41. The van der Waals surface area contributed by atoms with Crippen molar-refractivity contribution in [2.24, 2.45) is 0 Å². The molecule has 2 rings (SSSR count). The van der Waals surface area contributed by atoms with E-state index in [1.54, 1.807) is 13.8 Å². The van der Waals surface area contributed by atoms with E-state index in [9.17, 15) is 9.59 Å². The van der Waals surface area contributed by atoms with Crippen molar-refractivity contribution >= 4 is 39.1 Å². The van der Waals surface area contributed by atoms with Gasteiger partial charge < -0.3 is 9.72 Å². The Balaban J connectivity index is 2.64. The number of thiophene rings is 1. The molecule has 0 saturated carbocycles. The molecule has 0 atom stereocenters. The summed E-state index contributed by atoms with van der Waals surface area (Å²) in [7, 11) is 0. The van der Waals surface area contributed by atoms with Crippen LogP contribution in [0.4, 0.5) is 0 Å². The topological polar surface area (TPSA) is 72.0 Å². The van der Waals surface area contributed by atoms with Crippen molar-refractivity contribution in [1.82, 2.24) is 9.97 Å². The van der Waals surface area contributed by atoms with Crippen LogP contribution in [0, 0.1) is 6.92 Å². The van der Waals surface area contributed by atoms with E-state index in [1.807, 2.05) is 0 Å². The lowest BCUT2D eigenvalue weighted by molar-refractivity contribution is 0.0512. The van der Waals surface area contributed by atoms with Gasteiger partial charge in [-0.15, -0.1) is 11.3 Å². The van der Waals surface area contributed by atoms with Crippen molar-refractivity contribution in [2.45, 2.75) is 13.8 Å². The Kier molecular flexibility index (Phi) is 3.17. The molecule has 7 heteroatoms. The maximum atomic E-state index is 11.8. The average molecular weight is 273 g/mol. The van der Waals surface area contributed by atoms with Crippen LogP contribution in [0.25, 0.3) is 10.2 Å². The zero-order valence-electron chi connectivity index (χ0n) is 9.17. The summed E-state index contributed by atoms with van der Waals surface area (Å²) < 4.78 is 5.27. The number of aryl methyl sites for hydroxylation is 1. The minimum atomic E-state index is -0.645. The van der Waals surface area contributed by atoms with Gasteiger partial charge in [-0.25, -0.2) is 9.78 Å². The van der Waals surface area contributed by atoms with Crippen molar-refractivity contribution < 1.29 is 9.53 Å². The third-order valence-corrected chi connectivity index (χ3v) is 3.70. The van der Waals surface area contributed by atoms with Crippen molar-refractivity contribution in [2.75, 3.05) is 6.61 Å². The second-order valence-electron chi connectivity index (χ2n) is 3.32. The first-order valence-electron chi connectivity index (χ1n) is 4.90. The number of hydrogen-bond acceptors (Lipinski definition) is 5. The first kappa shape index (κ1) is 12.1. The molecule has 0 unspecified atom stereocenters. The van der Waals surface area contributed by atoms with Gasteiger partial charge >= 0.3 is 5.97 Å². The van der Waals surface area contributed by atoms with E-state index in [-0.39, 0.29) is 18.0 Å². The predicted octanol–water partition coefficient (Wildman–Crippen LogP) is 2.12. The molecule has 90 valence electrons. The molecule has 0 bridgehead atoms. The Bertz CT molecular complexity index is 647. The number of nitrogens with one attached hydrogen (secondary N) is 1. The summed E-state index contributed by atoms with van der Waals surface area (Å²) in [6.45, 7) is 3.65. The highest BCUT2D eigenvalue weighted by molar-refractivity contribution is 7.22. The molecule has 5 nitrogen and oxygen atoms in total. The quantitative estimate of drug-likeness (QED) is 0.850. The minimum absolute atomic E-state index is 0.0951. The maximum Gasteiger partial charge on any atom is 0.374 e. The highest BCUT2D eigenvalue weighted by Crippen LogP contribution is 2.30. The SMILES string of the molecule is CCOC(=O)c1nc2sc(Cl)c(C)c2c(=O)[nH]1. The van der Waals surface area contributed by atoms with E-state index in [0.29, 0.717) is 20.1 Å². The molecular formula is C10H9ClN2O3S. The lowest BCUT2D eigenvalue weighted by atomic mass is 10.3. The lowest BCUT2D eigenvalue weighted by Gasteiger charge is -2.00. The number of aromatic nitrogens is 2. The van der Waals surface area contributed by atoms with Gasteiger partial charge in [0.2, 0.25) is 5.82 Å². The summed E-state index contributed by atoms with van der Waals surface area (Å²) in [4.78, 5) is 30.1. The van der Waals surface area contributed by atoms with E-state index >= 15 is 0 Å². The highest BCUT2D eigenvalue weighted by Gasteiger charge is 2.16. The normalized spacial score (nSPS) is 10.8. The predicted molar refractivity (Wildman–Crippen MR) is 65.9 cm³/mol. The van der Waals surface area contributed by atoms with Crippen LogP contribution in [0.1, 0.15) is 23.1 Å². The molecule has 2 aromatic rings. The molecule has 0 fully saturated rings. The number of carbonyl (C=O) groups is 1. The molecule has 2 heterocycles. The van der Waals surface area contributed by atoms with Crippen molar-refractivity contribution in [3.63, 3.8) is 0 Å². The Morgan fingerprint density at radius 3 is 2.94 bits per heavy atom. The standard InChI is InChI=1S/C10H9ClN2O3S/c1-3-16-10(15)7-12-8(14)5-4(2)6(11)17-9(5)13-7/h3H2,1-2H3,(H,12,13,14). The molecule has 0 amide bonds. The fraction of sp³-hybridized carbons (Fsp3) is 0.300. The van der Waals surface area contributed by atoms with E-state index in [0.717, 1.165) is 0 Å². The fourth-order valence-corrected chi connectivity index (χ4v) is 2.64. The maximum absolute atomic E-state index is 11.8. The Morgan fingerprint density at radius 2 is 2.29 bits per heavy atom. The summed E-state index contributed by atoms with van der Waals surface area (Å²) in [6, 6.07) is 0. The van der Waals surface area contributed by atoms with Crippen LogP contribution in [0.2, 0.25) is 4.34 Å². The van der Waals surface area contributed by atoms with E-state index in [4.69, 9.17) is 16.3 Å². The van der Waals surface area contributed by atoms with E-state index in [2.05, 4.69) is 9.97 Å². The van der Waals surface area contributed by atoms with Gasteiger partial charge in [-0.3, -0.25) is 4.79 Å². The van der Waals surface area contributed by atoms with Crippen LogP contribution < -0.4 is 5.56 Å². The monoisotopic (exact) mass is 272 g/mol. The Labute approximate surface area is 105 Å². The molecule has 2 aromatic heterocycles. The molecule has 0 aromatic carbocycles. The smallest absolute Gasteiger partial charge is 0.374 e. The first-order chi connectivity index (χ1) is 8.04. The Morgan fingerprint density at radius 1 is 1.59 bits per heavy atom. The van der Waals surface area contributed by atoms with Gasteiger partial charge in [0, 0.05) is 0 Å². The van der Waals surface area contributed by atoms with Gasteiger partial charge in [0.15, 0.2) is 0 Å². The average Bonchev–Trinajstić information content (AvgIpc) is 2.55. The second kappa shape index (κ2) is 4.46. The van der Waals surface area contributed by atoms with Gasteiger partial charge in [-0.1, -0.05) is 11.6 Å². The molecule has 17 heavy (non-hydrogen) atoms. The molecule has 1 N–H and O–H groups in total. The largest absolute Gasteiger partial charge is 0.460 e. The highest BCUT2D eigenvalue weighted by atomic mass is 35.5. The van der Waals surface area contributed by atoms with Gasteiger partial charge in [0.05, 0.1) is 16.3 Å². The number of hydrogen-bond donors (Lipinski definition) is 1. The van der Waals surface area contributed by atoms with E-state index < -0.39 is 5.97 Å². The zero-order chi connectivity index (χ0) is 12.6. The van der Waals surface area contributed by atoms with Crippen LogP contribution in [-0.2, 0) is 4.74 Å². The number of rotatable bonds is 2. The number of esters is 1. The van der Waals surface area contributed by atoms with Gasteiger partial charge in [0.1, 0.15) is 4.83 Å². The molecule has 0 aliphatic carbocycles.